The van der Waals surface area contributed by atoms with Crippen molar-refractivity contribution in [2.24, 2.45) is 39.5 Å². The number of nitrogens with zero attached hydrogens (tertiary/aromatic N) is 2. The van der Waals surface area contributed by atoms with Crippen LogP contribution in [0.25, 0.3) is 0 Å². The van der Waals surface area contributed by atoms with Crippen LogP contribution >= 0.6 is 11.3 Å². The second-order valence-electron chi connectivity index (χ2n) is 9.51. The minimum atomic E-state index is -1.12. The molecule has 2 bridgehead atoms. The molecule has 1 spiro atoms. The number of thiazole rings is 1. The van der Waals surface area contributed by atoms with E-state index in [9.17, 15) is 14.4 Å². The van der Waals surface area contributed by atoms with Gasteiger partial charge in [-0.25, -0.2) is 4.98 Å². The summed E-state index contributed by atoms with van der Waals surface area (Å²) in [6, 6.07) is 0. The summed E-state index contributed by atoms with van der Waals surface area (Å²) in [6.07, 6.45) is 7.67. The Morgan fingerprint density at radius 1 is 1.13 bits per heavy atom. The van der Waals surface area contributed by atoms with Crippen molar-refractivity contribution in [2.75, 3.05) is 20.6 Å². The van der Waals surface area contributed by atoms with E-state index in [-0.39, 0.29) is 29.5 Å². The van der Waals surface area contributed by atoms with E-state index >= 15 is 0 Å². The van der Waals surface area contributed by atoms with Crippen molar-refractivity contribution < 1.29 is 14.4 Å². The average molecular weight is 431 g/mol. The molecule has 2 fully saturated rings. The molecule has 4 atom stereocenters. The highest BCUT2D eigenvalue weighted by atomic mass is 32.1. The standard InChI is InChI=1S/C22H30N4O3S/c1-13(27)14-12-30-17(25-14)11-22(19(24)29)16-6-5-15(20(16)8-9-20)21(22,18(23)28)7-4-10-26(2)3/h5-6,12,15-16H,4,7-11H2,1-3H3,(H2,23,28)(H2,24,29)/t15-,16+,21+,22+/m1/s1. The number of aromatic nitrogens is 1. The highest BCUT2D eigenvalue weighted by Gasteiger charge is 2.82. The topological polar surface area (TPSA) is 119 Å². The van der Waals surface area contributed by atoms with Gasteiger partial charge >= 0.3 is 0 Å². The van der Waals surface area contributed by atoms with E-state index in [2.05, 4.69) is 22.0 Å². The quantitative estimate of drug-likeness (QED) is 0.457. The van der Waals surface area contributed by atoms with Crippen LogP contribution in [-0.2, 0) is 16.0 Å². The number of hydrogen-bond acceptors (Lipinski definition) is 6. The van der Waals surface area contributed by atoms with Crippen molar-refractivity contribution in [1.82, 2.24) is 9.88 Å². The molecule has 4 rings (SSSR count). The molecule has 0 aliphatic heterocycles. The molecule has 162 valence electrons. The van der Waals surface area contributed by atoms with Crippen molar-refractivity contribution in [2.45, 2.75) is 39.0 Å². The highest BCUT2D eigenvalue weighted by molar-refractivity contribution is 7.09. The minimum Gasteiger partial charge on any atom is -0.369 e. The van der Waals surface area contributed by atoms with Gasteiger partial charge in [0, 0.05) is 18.7 Å². The van der Waals surface area contributed by atoms with Gasteiger partial charge in [-0.2, -0.15) is 0 Å². The van der Waals surface area contributed by atoms with E-state index in [1.165, 1.54) is 18.3 Å². The van der Waals surface area contributed by atoms with Crippen LogP contribution < -0.4 is 11.5 Å². The number of carbonyl (C=O) groups is 3. The molecule has 3 aliphatic carbocycles. The van der Waals surface area contributed by atoms with Gasteiger partial charge in [-0.15, -0.1) is 11.3 Å². The molecule has 0 aromatic carbocycles. The predicted molar refractivity (Wildman–Crippen MR) is 115 cm³/mol. The SMILES string of the molecule is CC(=O)c1csc(C[C@@]2(C(N)=O)[C@H]3C=C[C@H](C34CC4)[C@@]2(CCCN(C)C)C(N)=O)n1. The Morgan fingerprint density at radius 2 is 1.73 bits per heavy atom. The van der Waals surface area contributed by atoms with Crippen LogP contribution in [0, 0.1) is 28.1 Å². The summed E-state index contributed by atoms with van der Waals surface area (Å²) < 4.78 is 0. The fourth-order valence-electron chi connectivity index (χ4n) is 6.50. The molecular formula is C22H30N4O3S. The third-order valence-corrected chi connectivity index (χ3v) is 8.67. The molecule has 3 aliphatic rings. The summed E-state index contributed by atoms with van der Waals surface area (Å²) in [4.78, 5) is 44.8. The van der Waals surface area contributed by atoms with Gasteiger partial charge in [0.15, 0.2) is 5.78 Å². The van der Waals surface area contributed by atoms with Gasteiger partial charge in [-0.05, 0) is 63.6 Å². The zero-order chi connectivity index (χ0) is 21.9. The Morgan fingerprint density at radius 3 is 2.20 bits per heavy atom. The third-order valence-electron chi connectivity index (χ3n) is 7.82. The summed E-state index contributed by atoms with van der Waals surface area (Å²) in [5.41, 5.74) is 10.4. The zero-order valence-corrected chi connectivity index (χ0v) is 18.6. The fourth-order valence-corrected chi connectivity index (χ4v) is 7.43. The molecule has 1 heterocycles. The first-order chi connectivity index (χ1) is 14.1. The molecule has 2 saturated carbocycles. The van der Waals surface area contributed by atoms with E-state index in [4.69, 9.17) is 11.5 Å². The zero-order valence-electron chi connectivity index (χ0n) is 17.8. The first-order valence-corrected chi connectivity index (χ1v) is 11.4. The maximum absolute atomic E-state index is 13.3. The van der Waals surface area contributed by atoms with Crippen molar-refractivity contribution in [3.8, 4) is 0 Å². The van der Waals surface area contributed by atoms with Crippen molar-refractivity contribution in [3.05, 3.63) is 28.2 Å². The van der Waals surface area contributed by atoms with Gasteiger partial charge in [0.05, 0.1) is 15.8 Å². The lowest BCUT2D eigenvalue weighted by Gasteiger charge is -2.47. The maximum atomic E-state index is 13.3. The van der Waals surface area contributed by atoms with Crippen LogP contribution in [-0.4, -0.2) is 48.1 Å². The summed E-state index contributed by atoms with van der Waals surface area (Å²) in [5, 5.41) is 2.37. The van der Waals surface area contributed by atoms with Crippen LogP contribution in [0.1, 0.15) is 48.1 Å². The van der Waals surface area contributed by atoms with Crippen LogP contribution in [0.15, 0.2) is 17.5 Å². The van der Waals surface area contributed by atoms with Gasteiger partial charge in [0.25, 0.3) is 0 Å². The van der Waals surface area contributed by atoms with Crippen LogP contribution in [0.2, 0.25) is 0 Å². The maximum Gasteiger partial charge on any atom is 0.225 e. The van der Waals surface area contributed by atoms with E-state index in [0.29, 0.717) is 17.1 Å². The Kier molecular flexibility index (Phi) is 4.93. The van der Waals surface area contributed by atoms with Gasteiger partial charge < -0.3 is 16.4 Å². The molecule has 0 radical (unpaired) electrons. The van der Waals surface area contributed by atoms with Gasteiger partial charge in [0.2, 0.25) is 11.8 Å². The lowest BCUT2D eigenvalue weighted by molar-refractivity contribution is -0.151. The number of hydrogen-bond donors (Lipinski definition) is 2. The molecular weight excluding hydrogens is 400 g/mol. The molecule has 30 heavy (non-hydrogen) atoms. The van der Waals surface area contributed by atoms with Gasteiger partial charge in [-0.3, -0.25) is 14.4 Å². The van der Waals surface area contributed by atoms with Gasteiger partial charge in [0.1, 0.15) is 5.69 Å². The number of amides is 2. The van der Waals surface area contributed by atoms with Crippen LogP contribution in [0.3, 0.4) is 0 Å². The molecule has 0 unspecified atom stereocenters. The molecule has 4 N–H and O–H groups in total. The molecule has 2 amide bonds. The predicted octanol–water partition coefficient (Wildman–Crippen LogP) is 1.77. The molecule has 1 aromatic heterocycles. The highest BCUT2D eigenvalue weighted by Crippen LogP contribution is 2.81. The van der Waals surface area contributed by atoms with Crippen molar-refractivity contribution >= 4 is 28.9 Å². The number of Topliss-reactive ketones (excluding diaryl/α,β-unsaturated/α-hetero) is 1. The normalized spacial score (nSPS) is 32.8. The van der Waals surface area contributed by atoms with Crippen LogP contribution in [0.4, 0.5) is 0 Å². The lowest BCUT2D eigenvalue weighted by Crippen LogP contribution is -2.60. The Labute approximate surface area is 180 Å². The number of nitrogens with two attached hydrogens (primary N) is 2. The monoisotopic (exact) mass is 430 g/mol. The molecule has 0 saturated heterocycles. The van der Waals surface area contributed by atoms with Crippen LogP contribution in [0.5, 0.6) is 0 Å². The van der Waals surface area contributed by atoms with Gasteiger partial charge in [-0.1, -0.05) is 12.2 Å². The van der Waals surface area contributed by atoms with E-state index in [1.54, 1.807) is 5.38 Å². The summed E-state index contributed by atoms with van der Waals surface area (Å²) in [7, 11) is 3.97. The van der Waals surface area contributed by atoms with Crippen molar-refractivity contribution in [1.29, 1.82) is 0 Å². The van der Waals surface area contributed by atoms with Crippen molar-refractivity contribution in [3.63, 3.8) is 0 Å². The Hall–Kier alpha value is -2.06. The fraction of sp³-hybridized carbons (Fsp3) is 0.636. The lowest BCUT2D eigenvalue weighted by atomic mass is 9.53. The minimum absolute atomic E-state index is 0.0746. The number of allylic oxidation sites excluding steroid dienone is 2. The molecule has 8 heteroatoms. The second-order valence-corrected chi connectivity index (χ2v) is 10.5. The Balaban J connectivity index is 1.84. The summed E-state index contributed by atoms with van der Waals surface area (Å²) in [6.45, 7) is 2.26. The first kappa shape index (κ1) is 21.2. The largest absolute Gasteiger partial charge is 0.369 e. The summed E-state index contributed by atoms with van der Waals surface area (Å²) in [5.74, 6) is -1.23. The van der Waals surface area contributed by atoms with E-state index < -0.39 is 22.6 Å². The second kappa shape index (κ2) is 6.99. The van der Waals surface area contributed by atoms with E-state index in [1.807, 2.05) is 14.1 Å². The number of ketones is 1. The smallest absolute Gasteiger partial charge is 0.225 e. The van der Waals surface area contributed by atoms with E-state index in [0.717, 1.165) is 25.8 Å². The first-order valence-electron chi connectivity index (χ1n) is 10.5. The Bertz CT molecular complexity index is 935. The number of rotatable bonds is 9. The number of carbonyl (C=O) groups excluding carboxylic acids is 3. The number of primary amides is 2. The third kappa shape index (κ3) is 2.66. The summed E-state index contributed by atoms with van der Waals surface area (Å²) >= 11 is 1.35. The average Bonchev–Trinajstić information content (AvgIpc) is 3.07. The molecule has 7 nitrogen and oxygen atoms in total. The molecule has 1 aromatic rings.